The Labute approximate surface area is 292 Å². The van der Waals surface area contributed by atoms with E-state index in [9.17, 15) is 0 Å². The molecule has 0 saturated carbocycles. The fraction of sp³-hybridized carbons (Fsp3) is 0. The molecule has 0 aliphatic carbocycles. The average Bonchev–Trinajstić information content (AvgIpc) is 3.72. The van der Waals surface area contributed by atoms with Gasteiger partial charge < -0.3 is 4.57 Å². The van der Waals surface area contributed by atoms with Crippen molar-refractivity contribution in [3.05, 3.63) is 170 Å². The van der Waals surface area contributed by atoms with E-state index in [1.165, 1.54) is 42.0 Å². The highest BCUT2D eigenvalue weighted by Gasteiger charge is 2.17. The lowest BCUT2D eigenvalue weighted by molar-refractivity contribution is 1.07. The first-order valence-corrected chi connectivity index (χ1v) is 17.5. The van der Waals surface area contributed by atoms with Gasteiger partial charge in [0, 0.05) is 53.3 Å². The minimum Gasteiger partial charge on any atom is -0.309 e. The highest BCUT2D eigenvalue weighted by molar-refractivity contribution is 7.25. The molecule has 234 valence electrons. The third-order valence-corrected chi connectivity index (χ3v) is 10.6. The van der Waals surface area contributed by atoms with Crippen LogP contribution in [-0.4, -0.2) is 19.5 Å². The fourth-order valence-corrected chi connectivity index (χ4v) is 8.19. The van der Waals surface area contributed by atoms with Crippen LogP contribution in [0.1, 0.15) is 0 Å². The summed E-state index contributed by atoms with van der Waals surface area (Å²) in [6.45, 7) is 0. The number of aromatic nitrogens is 4. The molecule has 0 saturated heterocycles. The number of rotatable bonds is 5. The van der Waals surface area contributed by atoms with Gasteiger partial charge in [0.2, 0.25) is 0 Å². The molecule has 0 aliphatic heterocycles. The second-order valence-electron chi connectivity index (χ2n) is 12.5. The molecule has 0 amide bonds. The number of nitrogens with zero attached hydrogens (tertiary/aromatic N) is 4. The minimum absolute atomic E-state index is 0.633. The SMILES string of the molecule is c1ccc(-c2cccc(-c3nc(-c4ccccc4)nc(-c4cccc(-n5c6ccccc6c6cc7c(cc65)sc5ccccc57)c4)n3)c2)cc1. The zero-order valence-electron chi connectivity index (χ0n) is 26.9. The van der Waals surface area contributed by atoms with Crippen LogP contribution >= 0.6 is 11.3 Å². The number of thiophene rings is 1. The maximum Gasteiger partial charge on any atom is 0.164 e. The summed E-state index contributed by atoms with van der Waals surface area (Å²) in [5.74, 6) is 1.92. The van der Waals surface area contributed by atoms with E-state index in [-0.39, 0.29) is 0 Å². The molecule has 0 N–H and O–H groups in total. The van der Waals surface area contributed by atoms with Crippen molar-refractivity contribution in [2.45, 2.75) is 0 Å². The second-order valence-corrected chi connectivity index (χ2v) is 13.6. The molecule has 0 spiro atoms. The van der Waals surface area contributed by atoms with Crippen LogP contribution in [0.3, 0.4) is 0 Å². The molecule has 4 nitrogen and oxygen atoms in total. The molecule has 0 radical (unpaired) electrons. The first kappa shape index (κ1) is 28.6. The van der Waals surface area contributed by atoms with E-state index in [2.05, 4.69) is 138 Å². The predicted octanol–water partition coefficient (Wildman–Crippen LogP) is 12.0. The van der Waals surface area contributed by atoms with E-state index in [4.69, 9.17) is 15.0 Å². The van der Waals surface area contributed by atoms with Gasteiger partial charge >= 0.3 is 0 Å². The molecular weight excluding hydrogens is 629 g/mol. The van der Waals surface area contributed by atoms with Crippen LogP contribution in [0.5, 0.6) is 0 Å². The van der Waals surface area contributed by atoms with E-state index in [0.717, 1.165) is 33.5 Å². The maximum absolute atomic E-state index is 5.12. The molecule has 0 fully saturated rings. The second kappa shape index (κ2) is 11.6. The Balaban J connectivity index is 1.16. The van der Waals surface area contributed by atoms with Crippen LogP contribution in [0.15, 0.2) is 170 Å². The molecule has 3 heterocycles. The Morgan fingerprint density at radius 1 is 0.340 bits per heavy atom. The average molecular weight is 657 g/mol. The topological polar surface area (TPSA) is 43.6 Å². The maximum atomic E-state index is 5.12. The zero-order valence-corrected chi connectivity index (χ0v) is 27.7. The molecule has 0 aliphatic rings. The van der Waals surface area contributed by atoms with Gasteiger partial charge in [0.25, 0.3) is 0 Å². The van der Waals surface area contributed by atoms with Gasteiger partial charge in [0.05, 0.1) is 11.0 Å². The standard InChI is InChI=1S/C45H28N4S/c1-3-13-29(14-4-1)31-17-11-18-32(25-31)44-46-43(30-15-5-2-6-16-30)47-45(48-44)33-19-12-20-34(26-33)49-39-23-9-7-21-35(39)37-27-38-36-22-8-10-24-41(36)50-42(38)28-40(37)49/h1-28H. The van der Waals surface area contributed by atoms with Crippen molar-refractivity contribution >= 4 is 53.3 Å². The molecule has 0 bridgehead atoms. The summed E-state index contributed by atoms with van der Waals surface area (Å²) in [4.78, 5) is 15.2. The van der Waals surface area contributed by atoms with Crippen LogP contribution < -0.4 is 0 Å². The lowest BCUT2D eigenvalue weighted by atomic mass is 10.0. The van der Waals surface area contributed by atoms with Crippen molar-refractivity contribution in [2.24, 2.45) is 0 Å². The molecule has 10 aromatic rings. The van der Waals surface area contributed by atoms with Crippen LogP contribution in [0.25, 0.3) is 93.0 Å². The Morgan fingerprint density at radius 3 is 1.70 bits per heavy atom. The van der Waals surface area contributed by atoms with Gasteiger partial charge in [-0.05, 0) is 53.6 Å². The summed E-state index contributed by atoms with van der Waals surface area (Å²) in [6.07, 6.45) is 0. The predicted molar refractivity (Wildman–Crippen MR) is 209 cm³/mol. The van der Waals surface area contributed by atoms with E-state index in [1.54, 1.807) is 0 Å². The van der Waals surface area contributed by atoms with Crippen molar-refractivity contribution in [2.75, 3.05) is 0 Å². The zero-order chi connectivity index (χ0) is 33.0. The van der Waals surface area contributed by atoms with Gasteiger partial charge in [-0.1, -0.05) is 127 Å². The van der Waals surface area contributed by atoms with Crippen LogP contribution in [0.2, 0.25) is 0 Å². The Kier molecular flexibility index (Phi) is 6.64. The molecule has 5 heteroatoms. The highest BCUT2D eigenvalue weighted by atomic mass is 32.1. The van der Waals surface area contributed by atoms with E-state index >= 15 is 0 Å². The van der Waals surface area contributed by atoms with Crippen molar-refractivity contribution in [1.29, 1.82) is 0 Å². The van der Waals surface area contributed by atoms with Gasteiger partial charge in [-0.2, -0.15) is 0 Å². The smallest absolute Gasteiger partial charge is 0.164 e. The summed E-state index contributed by atoms with van der Waals surface area (Å²) in [6, 6.07) is 59.7. The summed E-state index contributed by atoms with van der Waals surface area (Å²) >= 11 is 1.85. The minimum atomic E-state index is 0.633. The first-order chi connectivity index (χ1) is 24.8. The van der Waals surface area contributed by atoms with Gasteiger partial charge in [0.1, 0.15) is 0 Å². The number of fused-ring (bicyclic) bond motifs is 6. The third-order valence-electron chi connectivity index (χ3n) is 9.43. The normalized spacial score (nSPS) is 11.6. The number of hydrogen-bond donors (Lipinski definition) is 0. The number of hydrogen-bond acceptors (Lipinski definition) is 4. The van der Waals surface area contributed by atoms with Gasteiger partial charge in [-0.15, -0.1) is 11.3 Å². The monoisotopic (exact) mass is 656 g/mol. The molecule has 10 rings (SSSR count). The van der Waals surface area contributed by atoms with Crippen molar-refractivity contribution in [3.63, 3.8) is 0 Å². The van der Waals surface area contributed by atoms with Crippen LogP contribution in [-0.2, 0) is 0 Å². The van der Waals surface area contributed by atoms with Gasteiger partial charge in [0.15, 0.2) is 17.5 Å². The summed E-state index contributed by atoms with van der Waals surface area (Å²) < 4.78 is 4.97. The highest BCUT2D eigenvalue weighted by Crippen LogP contribution is 2.41. The molecule has 0 unspecified atom stereocenters. The largest absolute Gasteiger partial charge is 0.309 e. The lowest BCUT2D eigenvalue weighted by Crippen LogP contribution is -2.01. The van der Waals surface area contributed by atoms with Crippen LogP contribution in [0, 0.1) is 0 Å². The number of benzene rings is 7. The molecule has 3 aromatic heterocycles. The molecule has 50 heavy (non-hydrogen) atoms. The quantitative estimate of drug-likeness (QED) is 0.185. The summed E-state index contributed by atoms with van der Waals surface area (Å²) in [7, 11) is 0. The third kappa shape index (κ3) is 4.79. The molecule has 0 atom stereocenters. The Bertz CT molecular complexity index is 2870. The lowest BCUT2D eigenvalue weighted by Gasteiger charge is -2.12. The fourth-order valence-electron chi connectivity index (χ4n) is 7.07. The van der Waals surface area contributed by atoms with Crippen molar-refractivity contribution in [1.82, 2.24) is 19.5 Å². The van der Waals surface area contributed by atoms with E-state index in [0.29, 0.717) is 17.5 Å². The van der Waals surface area contributed by atoms with Crippen molar-refractivity contribution in [3.8, 4) is 51.0 Å². The van der Waals surface area contributed by atoms with Gasteiger partial charge in [-0.3, -0.25) is 0 Å². The Morgan fingerprint density at radius 2 is 0.920 bits per heavy atom. The number of para-hydroxylation sites is 1. The van der Waals surface area contributed by atoms with E-state index < -0.39 is 0 Å². The summed E-state index contributed by atoms with van der Waals surface area (Å²) in [5, 5.41) is 5.09. The summed E-state index contributed by atoms with van der Waals surface area (Å²) in [5.41, 5.74) is 8.49. The van der Waals surface area contributed by atoms with Crippen LogP contribution in [0.4, 0.5) is 0 Å². The first-order valence-electron chi connectivity index (χ1n) is 16.7. The van der Waals surface area contributed by atoms with E-state index in [1.807, 2.05) is 47.7 Å². The molecular formula is C45H28N4S. The molecule has 7 aromatic carbocycles. The Hall–Kier alpha value is -6.43. The van der Waals surface area contributed by atoms with Crippen molar-refractivity contribution < 1.29 is 0 Å². The van der Waals surface area contributed by atoms with Gasteiger partial charge in [-0.25, -0.2) is 15.0 Å².